The largest absolute Gasteiger partial charge is 0.351 e. The van der Waals surface area contributed by atoms with Gasteiger partial charge in [-0.25, -0.2) is 29.9 Å². The minimum Gasteiger partial charge on any atom is -0.351 e. The summed E-state index contributed by atoms with van der Waals surface area (Å²) in [5, 5.41) is 6.97. The maximum atomic E-state index is 5.16. The molecule has 0 amide bonds. The summed E-state index contributed by atoms with van der Waals surface area (Å²) in [4.78, 5) is 58.9. The highest BCUT2D eigenvalue weighted by molar-refractivity contribution is 6.00. The maximum Gasteiger partial charge on any atom is 0.159 e. The van der Waals surface area contributed by atoms with Crippen molar-refractivity contribution < 1.29 is 0 Å². The standard InChI is InChI=1S/C32H32N6.2C31H30N6/c1-19-15-27(37-21(3)35(5)29-17-23-11-7-9-13-25(23)33-31(29)37)20(2)28(16-19)38-22(4)36(6)30-18-24-12-8-10-14-26(24)34-32(30)38;1-19-26(36-20(2)34(4)30-28(36)17-22-11-6-8-13-24(22)32-30)15-10-16-27(19)37-21(3)35(5)31-29(37)18-23-12-7-9-14-25(23)33-31;1-19-26(36-20(2)34(4)28-17-22-11-6-8-13-24(22)32-30(28)36)15-10-16-27(19)37-21(3)35(5)29-18-23-12-7-9-14-25(23)33-31(29)37/h7-18,21-22H,1-6H3;2*6-18,20-21H,1-5H3/t21-,22+;2*20-,21+. The third-order valence-electron chi connectivity index (χ3n) is 24.9. The summed E-state index contributed by atoms with van der Waals surface area (Å²) in [6.45, 7) is 22.4. The number of aromatic nitrogens is 6. The molecule has 6 aliphatic heterocycles. The number of hydrogen-bond acceptors (Lipinski definition) is 18. The van der Waals surface area contributed by atoms with Crippen LogP contribution < -0.4 is 58.8 Å². The highest BCUT2D eigenvalue weighted by Gasteiger charge is 2.43. The molecule has 6 aromatic heterocycles. The molecule has 12 heterocycles. The molecular formula is C94H92N18. The van der Waals surface area contributed by atoms with E-state index in [0.717, 1.165) is 134 Å². The molecule has 6 atom stereocenters. The lowest BCUT2D eigenvalue weighted by Gasteiger charge is -2.33. The molecule has 0 aliphatic carbocycles. The Bertz CT molecular complexity index is 5720. The number of fused-ring (bicyclic) bond motifs is 12. The Morgan fingerprint density at radius 1 is 0.196 bits per heavy atom. The van der Waals surface area contributed by atoms with Crippen molar-refractivity contribution in [3.63, 3.8) is 0 Å². The van der Waals surface area contributed by atoms with E-state index in [1.54, 1.807) is 0 Å². The number of anilines is 18. The van der Waals surface area contributed by atoms with Crippen LogP contribution in [0.25, 0.3) is 65.4 Å². The minimum absolute atomic E-state index is 0.135. The zero-order valence-electron chi connectivity index (χ0n) is 66.5. The van der Waals surface area contributed by atoms with Gasteiger partial charge in [-0.15, -0.1) is 0 Å². The Balaban J connectivity index is 0.000000113. The van der Waals surface area contributed by atoms with Gasteiger partial charge in [-0.1, -0.05) is 121 Å². The van der Waals surface area contributed by atoms with Crippen LogP contribution in [0, 0.1) is 27.7 Å². The second-order valence-electron chi connectivity index (χ2n) is 31.1. The highest BCUT2D eigenvalue weighted by atomic mass is 15.5. The molecule has 0 radical (unpaired) electrons. The van der Waals surface area contributed by atoms with Crippen LogP contribution in [0.15, 0.2) is 231 Å². The number of pyridine rings is 6. The van der Waals surface area contributed by atoms with Gasteiger partial charge in [0.25, 0.3) is 0 Å². The average Bonchev–Trinajstić information content (AvgIpc) is 1.57. The van der Waals surface area contributed by atoms with Crippen LogP contribution in [-0.2, 0) is 0 Å². The van der Waals surface area contributed by atoms with Gasteiger partial charge in [-0.2, -0.15) is 0 Å². The van der Waals surface area contributed by atoms with Gasteiger partial charge in [0.2, 0.25) is 0 Å². The SMILES string of the molecule is Cc1c(N2c3cc4ccccc4nc3N(C)[C@H]2C)cccc1N1c2cc3ccccc3nc2N(C)[C@@H]1C.Cc1c(N2c3nc4ccccc4cc3N(C)[C@H]2C)cccc1N1c2nc3ccccc3cc2N(C)[C@@H]1C.Cc1cc(N2c3nc4ccccc4cc3N(C)[C@H]2C)c(C)c(N2c3nc4ccccc4cc3N(C)[C@@H]2C)c1. The summed E-state index contributed by atoms with van der Waals surface area (Å²) in [6.07, 6.45) is 0.837. The lowest BCUT2D eigenvalue weighted by Crippen LogP contribution is -2.37. The molecule has 0 saturated carbocycles. The van der Waals surface area contributed by atoms with Gasteiger partial charge >= 0.3 is 0 Å². The van der Waals surface area contributed by atoms with E-state index in [1.807, 2.05) is 0 Å². The average molecular weight is 1470 g/mol. The van der Waals surface area contributed by atoms with Gasteiger partial charge in [0.1, 0.15) is 37.0 Å². The van der Waals surface area contributed by atoms with Gasteiger partial charge in [0, 0.05) is 109 Å². The number of nitrogens with zero attached hydrogens (tertiary/aromatic N) is 18. The van der Waals surface area contributed by atoms with E-state index in [4.69, 9.17) is 29.9 Å². The van der Waals surface area contributed by atoms with Crippen molar-refractivity contribution in [2.75, 3.05) is 101 Å². The lowest BCUT2D eigenvalue weighted by molar-refractivity contribution is 0.721. The third-order valence-corrected chi connectivity index (χ3v) is 24.9. The van der Waals surface area contributed by atoms with Crippen LogP contribution in [0.4, 0.5) is 103 Å². The molecule has 6 aliphatic rings. The number of para-hydroxylation sites is 6. The fourth-order valence-electron chi connectivity index (χ4n) is 18.0. The van der Waals surface area contributed by atoms with Gasteiger partial charge in [0.05, 0.1) is 67.2 Å². The summed E-state index contributed by atoms with van der Waals surface area (Å²) < 4.78 is 0. The molecule has 112 heavy (non-hydrogen) atoms. The van der Waals surface area contributed by atoms with E-state index in [-0.39, 0.29) is 37.0 Å². The number of hydrogen-bond donors (Lipinski definition) is 0. The number of rotatable bonds is 6. The molecule has 0 unspecified atom stereocenters. The predicted molar refractivity (Wildman–Crippen MR) is 469 cm³/mol. The van der Waals surface area contributed by atoms with Crippen molar-refractivity contribution in [2.45, 2.75) is 106 Å². The zero-order valence-corrected chi connectivity index (χ0v) is 66.5. The molecule has 9 aromatic carbocycles. The number of aryl methyl sites for hydroxylation is 1. The summed E-state index contributed by atoms with van der Waals surface area (Å²) >= 11 is 0. The van der Waals surface area contributed by atoms with E-state index in [1.165, 1.54) is 56.4 Å². The molecule has 0 fully saturated rings. The highest BCUT2D eigenvalue weighted by Crippen LogP contribution is 2.54. The summed E-state index contributed by atoms with van der Waals surface area (Å²) in [5.41, 5.74) is 25.0. The van der Waals surface area contributed by atoms with E-state index >= 15 is 0 Å². The monoisotopic (exact) mass is 1470 g/mol. The molecule has 0 saturated heterocycles. The quantitative estimate of drug-likeness (QED) is 0.157. The first kappa shape index (κ1) is 69.5. The smallest absolute Gasteiger partial charge is 0.159 e. The van der Waals surface area contributed by atoms with Crippen LogP contribution in [0.1, 0.15) is 63.8 Å². The summed E-state index contributed by atoms with van der Waals surface area (Å²) in [6, 6.07) is 81.6. The maximum absolute atomic E-state index is 5.16. The van der Waals surface area contributed by atoms with Crippen LogP contribution in [0.3, 0.4) is 0 Å². The first-order valence-corrected chi connectivity index (χ1v) is 39.0. The Hall–Kier alpha value is -13.0. The number of benzene rings is 9. The molecule has 18 heteroatoms. The molecule has 18 nitrogen and oxygen atoms in total. The topological polar surface area (TPSA) is 116 Å². The molecule has 558 valence electrons. The molecule has 0 bridgehead atoms. The molecular weight excluding hydrogens is 1380 g/mol. The molecule has 15 aromatic rings. The third kappa shape index (κ3) is 10.7. The van der Waals surface area contributed by atoms with Gasteiger partial charge in [-0.3, -0.25) is 0 Å². The van der Waals surface area contributed by atoms with Gasteiger partial charge < -0.3 is 58.8 Å². The lowest BCUT2D eigenvalue weighted by atomic mass is 10.0. The van der Waals surface area contributed by atoms with E-state index in [0.29, 0.717) is 0 Å². The fourth-order valence-corrected chi connectivity index (χ4v) is 18.0. The summed E-state index contributed by atoms with van der Waals surface area (Å²) in [5.74, 6) is 6.07. The van der Waals surface area contributed by atoms with Crippen molar-refractivity contribution in [3.8, 4) is 0 Å². The predicted octanol–water partition coefficient (Wildman–Crippen LogP) is 21.2. The Morgan fingerprint density at radius 3 is 0.670 bits per heavy atom. The van der Waals surface area contributed by atoms with Crippen LogP contribution in [0.2, 0.25) is 0 Å². The van der Waals surface area contributed by atoms with Crippen molar-refractivity contribution in [1.82, 2.24) is 29.9 Å². The van der Waals surface area contributed by atoms with Gasteiger partial charge in [0.15, 0.2) is 34.9 Å². The summed E-state index contributed by atoms with van der Waals surface area (Å²) in [7, 11) is 12.9. The Kier molecular flexibility index (Phi) is 16.4. The first-order chi connectivity index (χ1) is 54.2. The molecule has 21 rings (SSSR count). The van der Waals surface area contributed by atoms with Crippen molar-refractivity contribution >= 4 is 169 Å². The zero-order chi connectivity index (χ0) is 77.1. The van der Waals surface area contributed by atoms with Crippen LogP contribution in [-0.4, -0.2) is 109 Å². The first-order valence-electron chi connectivity index (χ1n) is 39.0. The Labute approximate surface area is 654 Å². The van der Waals surface area contributed by atoms with Crippen molar-refractivity contribution in [1.29, 1.82) is 0 Å². The second kappa shape index (κ2) is 26.4. The Morgan fingerprint density at radius 2 is 0.402 bits per heavy atom. The van der Waals surface area contributed by atoms with Crippen LogP contribution in [0.5, 0.6) is 0 Å². The van der Waals surface area contributed by atoms with Gasteiger partial charge in [-0.05, 0) is 201 Å². The van der Waals surface area contributed by atoms with Crippen molar-refractivity contribution in [2.24, 2.45) is 0 Å². The van der Waals surface area contributed by atoms with E-state index in [9.17, 15) is 0 Å². The molecule has 0 spiro atoms. The van der Waals surface area contributed by atoms with Crippen molar-refractivity contribution in [3.05, 3.63) is 253 Å². The normalized spacial score (nSPS) is 18.7. The minimum atomic E-state index is 0.135. The second-order valence-corrected chi connectivity index (χ2v) is 31.1. The molecule has 0 N–H and O–H groups in total. The van der Waals surface area contributed by atoms with E-state index < -0.39 is 0 Å². The van der Waals surface area contributed by atoms with E-state index in [2.05, 4.69) is 401 Å². The van der Waals surface area contributed by atoms with Crippen LogP contribution >= 0.6 is 0 Å². The fraction of sp³-hybridized carbons (Fsp3) is 0.234.